The van der Waals surface area contributed by atoms with Crippen molar-refractivity contribution < 1.29 is 4.79 Å². The van der Waals surface area contributed by atoms with Gasteiger partial charge in [0, 0.05) is 25.7 Å². The van der Waals surface area contributed by atoms with Crippen molar-refractivity contribution >= 4 is 5.78 Å². The van der Waals surface area contributed by atoms with Gasteiger partial charge < -0.3 is 5.73 Å². The third kappa shape index (κ3) is 2.42. The monoisotopic (exact) mass is 195 g/mol. The van der Waals surface area contributed by atoms with E-state index in [9.17, 15) is 4.79 Å². The highest BCUT2D eigenvalue weighted by atomic mass is 16.1. The van der Waals surface area contributed by atoms with Gasteiger partial charge in [-0.25, -0.2) is 0 Å². The highest BCUT2D eigenvalue weighted by Gasteiger charge is 2.18. The van der Waals surface area contributed by atoms with Crippen LogP contribution in [0.3, 0.4) is 0 Å². The van der Waals surface area contributed by atoms with Gasteiger partial charge in [-0.3, -0.25) is 9.48 Å². The molecule has 0 saturated carbocycles. The number of aromatic nitrogens is 2. The summed E-state index contributed by atoms with van der Waals surface area (Å²) in [6.45, 7) is 2.47. The Morgan fingerprint density at radius 1 is 1.71 bits per heavy atom. The summed E-state index contributed by atoms with van der Waals surface area (Å²) in [5.41, 5.74) is 6.22. The standard InChI is InChI=1S/C10H17N3O/c1-3-4-8(5-11)10(14)9-6-12-13(2)7-9/h6-8H,3-5,11H2,1-2H3. The maximum atomic E-state index is 11.8. The molecule has 0 aromatic carbocycles. The van der Waals surface area contributed by atoms with Crippen molar-refractivity contribution in [2.75, 3.05) is 6.54 Å². The zero-order valence-corrected chi connectivity index (χ0v) is 8.73. The first-order chi connectivity index (χ1) is 6.69. The molecule has 0 aliphatic rings. The summed E-state index contributed by atoms with van der Waals surface area (Å²) in [6.07, 6.45) is 5.17. The van der Waals surface area contributed by atoms with Crippen molar-refractivity contribution in [3.8, 4) is 0 Å². The Bertz CT molecular complexity index is 306. The molecule has 0 saturated heterocycles. The molecular weight excluding hydrogens is 178 g/mol. The molecule has 0 fully saturated rings. The predicted molar refractivity (Wildman–Crippen MR) is 55.0 cm³/mol. The smallest absolute Gasteiger partial charge is 0.170 e. The van der Waals surface area contributed by atoms with Crippen LogP contribution >= 0.6 is 0 Å². The summed E-state index contributed by atoms with van der Waals surface area (Å²) in [4.78, 5) is 11.8. The van der Waals surface area contributed by atoms with E-state index in [1.165, 1.54) is 0 Å². The van der Waals surface area contributed by atoms with Crippen molar-refractivity contribution in [2.24, 2.45) is 18.7 Å². The molecule has 0 amide bonds. The lowest BCUT2D eigenvalue weighted by Crippen LogP contribution is -2.23. The number of ketones is 1. The molecule has 1 aromatic rings. The summed E-state index contributed by atoms with van der Waals surface area (Å²) in [7, 11) is 1.80. The summed E-state index contributed by atoms with van der Waals surface area (Å²) < 4.78 is 1.63. The van der Waals surface area contributed by atoms with E-state index >= 15 is 0 Å². The maximum absolute atomic E-state index is 11.8. The molecule has 1 aromatic heterocycles. The number of hydrogen-bond acceptors (Lipinski definition) is 3. The van der Waals surface area contributed by atoms with Crippen LogP contribution in [0.5, 0.6) is 0 Å². The second-order valence-electron chi connectivity index (χ2n) is 3.49. The summed E-state index contributed by atoms with van der Waals surface area (Å²) in [6, 6.07) is 0. The van der Waals surface area contributed by atoms with Crippen molar-refractivity contribution in [2.45, 2.75) is 19.8 Å². The lowest BCUT2D eigenvalue weighted by molar-refractivity contribution is 0.0917. The van der Waals surface area contributed by atoms with Crippen LogP contribution in [0.1, 0.15) is 30.1 Å². The van der Waals surface area contributed by atoms with E-state index in [-0.39, 0.29) is 11.7 Å². The Morgan fingerprint density at radius 2 is 2.43 bits per heavy atom. The van der Waals surface area contributed by atoms with Crippen LogP contribution in [0.25, 0.3) is 0 Å². The molecule has 1 unspecified atom stereocenters. The van der Waals surface area contributed by atoms with Crippen molar-refractivity contribution in [1.82, 2.24) is 9.78 Å². The Morgan fingerprint density at radius 3 is 2.86 bits per heavy atom. The van der Waals surface area contributed by atoms with Crippen molar-refractivity contribution in [1.29, 1.82) is 0 Å². The number of carbonyl (C=O) groups is 1. The summed E-state index contributed by atoms with van der Waals surface area (Å²) in [5.74, 6) is 0.0617. The summed E-state index contributed by atoms with van der Waals surface area (Å²) >= 11 is 0. The van der Waals surface area contributed by atoms with E-state index in [4.69, 9.17) is 5.73 Å². The molecule has 1 atom stereocenters. The van der Waals surface area contributed by atoms with E-state index in [1.807, 2.05) is 0 Å². The fraction of sp³-hybridized carbons (Fsp3) is 0.600. The molecule has 1 rings (SSSR count). The van der Waals surface area contributed by atoms with Gasteiger partial charge in [0.05, 0.1) is 11.8 Å². The average molecular weight is 195 g/mol. The van der Waals surface area contributed by atoms with Gasteiger partial charge in [-0.05, 0) is 6.42 Å². The Balaban J connectivity index is 2.72. The zero-order valence-electron chi connectivity index (χ0n) is 8.73. The van der Waals surface area contributed by atoms with E-state index in [0.29, 0.717) is 12.1 Å². The van der Waals surface area contributed by atoms with E-state index in [2.05, 4.69) is 12.0 Å². The molecule has 78 valence electrons. The maximum Gasteiger partial charge on any atom is 0.170 e. The van der Waals surface area contributed by atoms with Crippen LogP contribution in [-0.2, 0) is 7.05 Å². The SMILES string of the molecule is CCCC(CN)C(=O)c1cnn(C)c1. The Labute approximate surface area is 84.1 Å². The van der Waals surface area contributed by atoms with Crippen LogP contribution < -0.4 is 5.73 Å². The van der Waals surface area contributed by atoms with Crippen LogP contribution in [0.15, 0.2) is 12.4 Å². The molecule has 1 heterocycles. The highest BCUT2D eigenvalue weighted by molar-refractivity contribution is 5.97. The second-order valence-corrected chi connectivity index (χ2v) is 3.49. The van der Waals surface area contributed by atoms with Crippen LogP contribution in [0.4, 0.5) is 0 Å². The number of nitrogens with zero attached hydrogens (tertiary/aromatic N) is 2. The lowest BCUT2D eigenvalue weighted by atomic mass is 9.95. The zero-order chi connectivity index (χ0) is 10.6. The van der Waals surface area contributed by atoms with Crippen LogP contribution in [0.2, 0.25) is 0 Å². The highest BCUT2D eigenvalue weighted by Crippen LogP contribution is 2.12. The number of Topliss-reactive ketones (excluding diaryl/α,β-unsaturated/α-hetero) is 1. The molecular formula is C10H17N3O. The van der Waals surface area contributed by atoms with Gasteiger partial charge >= 0.3 is 0 Å². The van der Waals surface area contributed by atoms with Gasteiger partial charge in [0.25, 0.3) is 0 Å². The third-order valence-corrected chi connectivity index (χ3v) is 2.28. The second kappa shape index (κ2) is 4.91. The average Bonchev–Trinajstić information content (AvgIpc) is 2.60. The topological polar surface area (TPSA) is 60.9 Å². The fourth-order valence-corrected chi connectivity index (χ4v) is 1.49. The molecule has 0 bridgehead atoms. The van der Waals surface area contributed by atoms with Crippen molar-refractivity contribution in [3.63, 3.8) is 0 Å². The molecule has 0 aliphatic heterocycles. The Kier molecular flexibility index (Phi) is 3.83. The first-order valence-electron chi connectivity index (χ1n) is 4.92. The molecule has 0 aliphatic carbocycles. The van der Waals surface area contributed by atoms with Gasteiger partial charge in [-0.1, -0.05) is 13.3 Å². The van der Waals surface area contributed by atoms with E-state index < -0.39 is 0 Å². The van der Waals surface area contributed by atoms with Gasteiger partial charge in [-0.2, -0.15) is 5.10 Å². The minimum Gasteiger partial charge on any atom is -0.330 e. The van der Waals surface area contributed by atoms with Crippen LogP contribution in [0, 0.1) is 5.92 Å². The van der Waals surface area contributed by atoms with Gasteiger partial charge in [0.15, 0.2) is 5.78 Å². The number of hydrogen-bond donors (Lipinski definition) is 1. The van der Waals surface area contributed by atoms with E-state index in [1.54, 1.807) is 24.1 Å². The first-order valence-corrected chi connectivity index (χ1v) is 4.92. The minimum atomic E-state index is -0.0517. The third-order valence-electron chi connectivity index (χ3n) is 2.28. The van der Waals surface area contributed by atoms with E-state index in [0.717, 1.165) is 12.8 Å². The Hall–Kier alpha value is -1.16. The van der Waals surface area contributed by atoms with Gasteiger partial charge in [0.1, 0.15) is 0 Å². The largest absolute Gasteiger partial charge is 0.330 e. The lowest BCUT2D eigenvalue weighted by Gasteiger charge is -2.10. The number of nitrogens with two attached hydrogens (primary N) is 1. The molecule has 4 heteroatoms. The molecule has 0 spiro atoms. The van der Waals surface area contributed by atoms with Gasteiger partial charge in [0.2, 0.25) is 0 Å². The minimum absolute atomic E-state index is 0.0517. The molecule has 14 heavy (non-hydrogen) atoms. The predicted octanol–water partition coefficient (Wildman–Crippen LogP) is 0.978. The molecule has 2 N–H and O–H groups in total. The van der Waals surface area contributed by atoms with Crippen LogP contribution in [-0.4, -0.2) is 22.1 Å². The molecule has 4 nitrogen and oxygen atoms in total. The number of carbonyl (C=O) groups excluding carboxylic acids is 1. The molecule has 0 radical (unpaired) electrons. The first kappa shape index (κ1) is 10.9. The number of rotatable bonds is 5. The quantitative estimate of drug-likeness (QED) is 0.712. The normalized spacial score (nSPS) is 12.8. The van der Waals surface area contributed by atoms with Crippen molar-refractivity contribution in [3.05, 3.63) is 18.0 Å². The van der Waals surface area contributed by atoms with Gasteiger partial charge in [-0.15, -0.1) is 0 Å². The number of aryl methyl sites for hydroxylation is 1. The fourth-order valence-electron chi connectivity index (χ4n) is 1.49. The summed E-state index contributed by atoms with van der Waals surface area (Å²) in [5, 5.41) is 3.97.